The van der Waals surface area contributed by atoms with Crippen molar-refractivity contribution in [3.63, 3.8) is 0 Å². The van der Waals surface area contributed by atoms with Crippen LogP contribution in [0.2, 0.25) is 0 Å². The molecule has 92 valence electrons. The van der Waals surface area contributed by atoms with Gasteiger partial charge in [-0.3, -0.25) is 4.68 Å². The van der Waals surface area contributed by atoms with Crippen LogP contribution in [0, 0.1) is 0 Å². The molecule has 1 N–H and O–H groups in total. The van der Waals surface area contributed by atoms with Crippen LogP contribution < -0.4 is 4.74 Å². The molecule has 2 rings (SSSR count). The van der Waals surface area contributed by atoms with Gasteiger partial charge in [-0.25, -0.2) is 4.98 Å². The molecule has 0 aliphatic rings. The zero-order valence-corrected chi connectivity index (χ0v) is 10.2. The summed E-state index contributed by atoms with van der Waals surface area (Å²) in [5.74, 6) is 1.14. The Labute approximate surface area is 99.5 Å². The second kappa shape index (κ2) is 4.58. The van der Waals surface area contributed by atoms with Gasteiger partial charge < -0.3 is 14.4 Å². The van der Waals surface area contributed by atoms with Crippen molar-refractivity contribution in [3.8, 4) is 5.75 Å². The number of aryl methyl sites for hydroxylation is 2. The first-order chi connectivity index (χ1) is 8.19. The van der Waals surface area contributed by atoms with Crippen LogP contribution in [0.3, 0.4) is 0 Å². The summed E-state index contributed by atoms with van der Waals surface area (Å²) in [7, 11) is 3.40. The van der Waals surface area contributed by atoms with Crippen molar-refractivity contribution in [1.82, 2.24) is 19.3 Å². The average molecular weight is 236 g/mol. The SMILES string of the molecule is CCn1ncc(OC)c1C(O)c1nccn1C. The van der Waals surface area contributed by atoms with Gasteiger partial charge in [0.2, 0.25) is 0 Å². The fourth-order valence-electron chi connectivity index (χ4n) is 1.83. The molecule has 0 fully saturated rings. The number of hydrogen-bond acceptors (Lipinski definition) is 4. The van der Waals surface area contributed by atoms with Gasteiger partial charge in [0.05, 0.1) is 13.3 Å². The molecule has 0 bridgehead atoms. The van der Waals surface area contributed by atoms with Gasteiger partial charge in [-0.15, -0.1) is 0 Å². The highest BCUT2D eigenvalue weighted by molar-refractivity contribution is 5.30. The first kappa shape index (κ1) is 11.7. The molecule has 0 aromatic carbocycles. The van der Waals surface area contributed by atoms with E-state index in [9.17, 15) is 5.11 Å². The summed E-state index contributed by atoms with van der Waals surface area (Å²) >= 11 is 0. The van der Waals surface area contributed by atoms with E-state index in [1.807, 2.05) is 14.0 Å². The molecule has 0 spiro atoms. The lowest BCUT2D eigenvalue weighted by Crippen LogP contribution is -2.13. The topological polar surface area (TPSA) is 65.1 Å². The largest absolute Gasteiger partial charge is 0.493 e. The van der Waals surface area contributed by atoms with Crippen LogP contribution in [0.25, 0.3) is 0 Å². The van der Waals surface area contributed by atoms with Crippen LogP contribution >= 0.6 is 0 Å². The van der Waals surface area contributed by atoms with Crippen LogP contribution in [0.4, 0.5) is 0 Å². The maximum Gasteiger partial charge on any atom is 0.163 e. The zero-order chi connectivity index (χ0) is 12.4. The van der Waals surface area contributed by atoms with Gasteiger partial charge in [0.1, 0.15) is 11.5 Å². The van der Waals surface area contributed by atoms with E-state index in [1.54, 1.807) is 34.9 Å². The summed E-state index contributed by atoms with van der Waals surface area (Å²) in [6.07, 6.45) is 4.20. The van der Waals surface area contributed by atoms with Crippen molar-refractivity contribution < 1.29 is 9.84 Å². The Morgan fingerprint density at radius 1 is 1.53 bits per heavy atom. The Morgan fingerprint density at radius 2 is 2.29 bits per heavy atom. The van der Waals surface area contributed by atoms with E-state index < -0.39 is 6.10 Å². The Hall–Kier alpha value is -1.82. The van der Waals surface area contributed by atoms with Gasteiger partial charge >= 0.3 is 0 Å². The molecule has 2 aromatic heterocycles. The van der Waals surface area contributed by atoms with E-state index >= 15 is 0 Å². The summed E-state index contributed by atoms with van der Waals surface area (Å²) < 4.78 is 8.69. The Morgan fingerprint density at radius 3 is 2.82 bits per heavy atom. The number of rotatable bonds is 4. The molecular weight excluding hydrogens is 220 g/mol. The summed E-state index contributed by atoms with van der Waals surface area (Å²) in [6.45, 7) is 2.63. The number of aromatic nitrogens is 4. The number of ether oxygens (including phenoxy) is 1. The molecule has 0 aliphatic heterocycles. The fourth-order valence-corrected chi connectivity index (χ4v) is 1.83. The molecular formula is C11H16N4O2. The number of methoxy groups -OCH3 is 1. The minimum Gasteiger partial charge on any atom is -0.493 e. The quantitative estimate of drug-likeness (QED) is 0.849. The van der Waals surface area contributed by atoms with Crippen LogP contribution in [-0.2, 0) is 13.6 Å². The molecule has 2 aromatic rings. The number of imidazole rings is 1. The third-order valence-corrected chi connectivity index (χ3v) is 2.73. The predicted molar refractivity (Wildman–Crippen MR) is 61.7 cm³/mol. The molecule has 17 heavy (non-hydrogen) atoms. The van der Waals surface area contributed by atoms with Crippen LogP contribution in [-0.4, -0.2) is 31.5 Å². The monoisotopic (exact) mass is 236 g/mol. The number of nitrogens with zero attached hydrogens (tertiary/aromatic N) is 4. The maximum absolute atomic E-state index is 10.4. The maximum atomic E-state index is 10.4. The summed E-state index contributed by atoms with van der Waals surface area (Å²) in [4.78, 5) is 4.14. The van der Waals surface area contributed by atoms with E-state index in [1.165, 1.54) is 0 Å². The number of aliphatic hydroxyl groups excluding tert-OH is 1. The van der Waals surface area contributed by atoms with Gasteiger partial charge in [0.25, 0.3) is 0 Å². The Bertz CT molecular complexity index is 482. The molecule has 0 saturated carbocycles. The van der Waals surface area contributed by atoms with E-state index in [4.69, 9.17) is 4.74 Å². The molecule has 0 aliphatic carbocycles. The molecule has 2 heterocycles. The lowest BCUT2D eigenvalue weighted by atomic mass is 10.2. The first-order valence-electron chi connectivity index (χ1n) is 5.44. The van der Waals surface area contributed by atoms with Gasteiger partial charge in [-0.1, -0.05) is 0 Å². The normalized spacial score (nSPS) is 12.7. The number of hydrogen-bond donors (Lipinski definition) is 1. The highest BCUT2D eigenvalue weighted by Crippen LogP contribution is 2.28. The fraction of sp³-hybridized carbons (Fsp3) is 0.455. The summed E-state index contributed by atoms with van der Waals surface area (Å²) in [6, 6.07) is 0. The van der Waals surface area contributed by atoms with E-state index in [0.717, 1.165) is 0 Å². The first-order valence-corrected chi connectivity index (χ1v) is 5.44. The van der Waals surface area contributed by atoms with Crippen LogP contribution in [0.5, 0.6) is 5.75 Å². The molecule has 6 nitrogen and oxygen atoms in total. The van der Waals surface area contributed by atoms with Gasteiger partial charge in [0.15, 0.2) is 11.9 Å². The zero-order valence-electron chi connectivity index (χ0n) is 10.2. The summed E-state index contributed by atoms with van der Waals surface area (Å²) in [5, 5.41) is 14.5. The average Bonchev–Trinajstić information content (AvgIpc) is 2.93. The molecule has 0 saturated heterocycles. The molecule has 1 unspecified atom stereocenters. The van der Waals surface area contributed by atoms with Gasteiger partial charge in [-0.2, -0.15) is 5.10 Å². The molecule has 6 heteroatoms. The smallest absolute Gasteiger partial charge is 0.163 e. The van der Waals surface area contributed by atoms with E-state index in [-0.39, 0.29) is 0 Å². The molecule has 0 radical (unpaired) electrons. The van der Waals surface area contributed by atoms with E-state index in [0.29, 0.717) is 23.8 Å². The third kappa shape index (κ3) is 1.91. The second-order valence-corrected chi connectivity index (χ2v) is 3.71. The van der Waals surface area contributed by atoms with Gasteiger partial charge in [0, 0.05) is 26.0 Å². The van der Waals surface area contributed by atoms with Crippen molar-refractivity contribution >= 4 is 0 Å². The van der Waals surface area contributed by atoms with Crippen molar-refractivity contribution in [2.24, 2.45) is 7.05 Å². The predicted octanol–water partition coefficient (Wildman–Crippen LogP) is 0.727. The van der Waals surface area contributed by atoms with Crippen LogP contribution in [0.1, 0.15) is 24.5 Å². The standard InChI is InChI=1S/C11H16N4O2/c1-4-15-9(8(17-3)7-13-15)10(16)11-12-5-6-14(11)2/h5-7,10,16H,4H2,1-3H3. The molecule has 0 amide bonds. The van der Waals surface area contributed by atoms with Crippen molar-refractivity contribution in [3.05, 3.63) is 30.1 Å². The Balaban J connectivity index is 2.45. The molecule has 1 atom stereocenters. The summed E-state index contributed by atoms with van der Waals surface area (Å²) in [5.41, 5.74) is 0.629. The van der Waals surface area contributed by atoms with Crippen molar-refractivity contribution in [2.75, 3.05) is 7.11 Å². The van der Waals surface area contributed by atoms with Crippen molar-refractivity contribution in [1.29, 1.82) is 0 Å². The van der Waals surface area contributed by atoms with Crippen molar-refractivity contribution in [2.45, 2.75) is 19.6 Å². The van der Waals surface area contributed by atoms with E-state index in [2.05, 4.69) is 10.1 Å². The second-order valence-electron chi connectivity index (χ2n) is 3.71. The van der Waals surface area contributed by atoms with Crippen LogP contribution in [0.15, 0.2) is 18.6 Å². The Kier molecular flexibility index (Phi) is 3.14. The third-order valence-electron chi connectivity index (χ3n) is 2.73. The highest BCUT2D eigenvalue weighted by Gasteiger charge is 2.23. The lowest BCUT2D eigenvalue weighted by molar-refractivity contribution is 0.189. The minimum absolute atomic E-state index is 0.568. The minimum atomic E-state index is -0.840. The highest BCUT2D eigenvalue weighted by atomic mass is 16.5. The lowest BCUT2D eigenvalue weighted by Gasteiger charge is -2.13. The van der Waals surface area contributed by atoms with Gasteiger partial charge in [-0.05, 0) is 6.92 Å². The number of aliphatic hydroxyl groups is 1.